The van der Waals surface area contributed by atoms with Crippen molar-refractivity contribution >= 4 is 27.3 Å². The molecule has 0 saturated carbocycles. The average Bonchev–Trinajstić information content (AvgIpc) is 2.47. The van der Waals surface area contributed by atoms with E-state index in [1.54, 1.807) is 18.4 Å². The molecule has 0 aliphatic heterocycles. The maximum Gasteiger partial charge on any atom is 0.188 e. The minimum atomic E-state index is 0.170. The number of thiophene rings is 1. The third-order valence-corrected chi connectivity index (χ3v) is 3.43. The summed E-state index contributed by atoms with van der Waals surface area (Å²) in [6, 6.07) is 2.02. The molecule has 74 valence electrons. The summed E-state index contributed by atoms with van der Waals surface area (Å²) < 4.78 is 6.11. The summed E-state index contributed by atoms with van der Waals surface area (Å²) in [4.78, 5) is 1.19. The summed E-state index contributed by atoms with van der Waals surface area (Å²) in [6.45, 7) is 1.56. The van der Waals surface area contributed by atoms with Gasteiger partial charge in [-0.3, -0.25) is 0 Å². The molecule has 13 heavy (non-hydrogen) atoms. The fourth-order valence-corrected chi connectivity index (χ4v) is 2.58. The molecule has 1 aromatic heterocycles. The Bertz CT molecular complexity index is 265. The molecule has 0 aromatic carbocycles. The number of nitrogens with one attached hydrogen (secondary N) is 1. The van der Waals surface area contributed by atoms with Crippen LogP contribution >= 0.6 is 27.3 Å². The standard InChI is InChI=1S/C8H12BrNO2S/c1-12-8-7(9)4-6(13-8)5-10-2-3-11/h4,10-11H,2-3,5H2,1H3. The molecular weight excluding hydrogens is 254 g/mol. The molecule has 0 fully saturated rings. The van der Waals surface area contributed by atoms with E-state index in [2.05, 4.69) is 21.2 Å². The van der Waals surface area contributed by atoms with Crippen molar-refractivity contribution in [3.05, 3.63) is 15.4 Å². The van der Waals surface area contributed by atoms with E-state index in [4.69, 9.17) is 9.84 Å². The highest BCUT2D eigenvalue weighted by Gasteiger charge is 2.05. The minimum absolute atomic E-state index is 0.170. The fourth-order valence-electron chi connectivity index (χ4n) is 0.914. The molecule has 0 unspecified atom stereocenters. The Kier molecular flexibility index (Phi) is 4.72. The van der Waals surface area contributed by atoms with Crippen molar-refractivity contribution in [2.45, 2.75) is 6.54 Å². The summed E-state index contributed by atoms with van der Waals surface area (Å²) in [6.07, 6.45) is 0. The second-order valence-corrected chi connectivity index (χ2v) is 4.41. The zero-order chi connectivity index (χ0) is 9.68. The smallest absolute Gasteiger partial charge is 0.188 e. The van der Waals surface area contributed by atoms with Gasteiger partial charge in [0.25, 0.3) is 0 Å². The van der Waals surface area contributed by atoms with Crippen LogP contribution in [-0.2, 0) is 6.54 Å². The molecule has 0 atom stereocenters. The molecule has 0 amide bonds. The van der Waals surface area contributed by atoms with E-state index in [9.17, 15) is 0 Å². The average molecular weight is 266 g/mol. The van der Waals surface area contributed by atoms with E-state index in [0.717, 1.165) is 16.1 Å². The predicted octanol–water partition coefficient (Wildman–Crippen LogP) is 1.60. The third-order valence-electron chi connectivity index (χ3n) is 1.48. The second-order valence-electron chi connectivity index (χ2n) is 2.45. The molecule has 0 bridgehead atoms. The molecule has 0 spiro atoms. The van der Waals surface area contributed by atoms with Crippen LogP contribution in [0.4, 0.5) is 0 Å². The van der Waals surface area contributed by atoms with Crippen molar-refractivity contribution in [2.75, 3.05) is 20.3 Å². The molecule has 0 aliphatic rings. The molecule has 1 rings (SSSR count). The molecule has 0 aliphatic carbocycles. The van der Waals surface area contributed by atoms with Crippen LogP contribution in [0.2, 0.25) is 0 Å². The van der Waals surface area contributed by atoms with Crippen LogP contribution in [0.1, 0.15) is 4.88 Å². The Morgan fingerprint density at radius 1 is 1.69 bits per heavy atom. The lowest BCUT2D eigenvalue weighted by Gasteiger charge is -1.97. The van der Waals surface area contributed by atoms with Crippen LogP contribution in [0.25, 0.3) is 0 Å². The lowest BCUT2D eigenvalue weighted by Crippen LogP contribution is -2.16. The van der Waals surface area contributed by atoms with Gasteiger partial charge in [0.15, 0.2) is 5.06 Å². The summed E-state index contributed by atoms with van der Waals surface area (Å²) >= 11 is 4.99. The number of methoxy groups -OCH3 is 1. The highest BCUT2D eigenvalue weighted by Crippen LogP contribution is 2.34. The Morgan fingerprint density at radius 3 is 3.00 bits per heavy atom. The first-order chi connectivity index (χ1) is 6.27. The summed E-state index contributed by atoms with van der Waals surface area (Å²) in [7, 11) is 1.65. The number of rotatable bonds is 5. The SMILES string of the molecule is COc1sc(CNCCO)cc1Br. The lowest BCUT2D eigenvalue weighted by molar-refractivity contribution is 0.292. The van der Waals surface area contributed by atoms with E-state index in [-0.39, 0.29) is 6.61 Å². The Morgan fingerprint density at radius 2 is 2.46 bits per heavy atom. The molecule has 0 saturated heterocycles. The van der Waals surface area contributed by atoms with Gasteiger partial charge in [-0.1, -0.05) is 0 Å². The van der Waals surface area contributed by atoms with Gasteiger partial charge in [0.1, 0.15) is 0 Å². The van der Waals surface area contributed by atoms with Crippen molar-refractivity contribution in [2.24, 2.45) is 0 Å². The summed E-state index contributed by atoms with van der Waals surface area (Å²) in [5, 5.41) is 12.5. The number of ether oxygens (including phenoxy) is 1. The molecule has 3 nitrogen and oxygen atoms in total. The predicted molar refractivity (Wildman–Crippen MR) is 57.4 cm³/mol. The van der Waals surface area contributed by atoms with Gasteiger partial charge in [0.05, 0.1) is 18.2 Å². The lowest BCUT2D eigenvalue weighted by atomic mass is 10.4. The monoisotopic (exact) mass is 265 g/mol. The Labute approximate surface area is 89.9 Å². The van der Waals surface area contributed by atoms with Crippen molar-refractivity contribution < 1.29 is 9.84 Å². The first-order valence-electron chi connectivity index (χ1n) is 3.91. The van der Waals surface area contributed by atoms with Crippen LogP contribution in [-0.4, -0.2) is 25.4 Å². The van der Waals surface area contributed by atoms with Gasteiger partial charge in [0, 0.05) is 18.0 Å². The fraction of sp³-hybridized carbons (Fsp3) is 0.500. The van der Waals surface area contributed by atoms with Crippen LogP contribution in [0.3, 0.4) is 0 Å². The van der Waals surface area contributed by atoms with Gasteiger partial charge in [-0.25, -0.2) is 0 Å². The number of aliphatic hydroxyl groups excluding tert-OH is 1. The van der Waals surface area contributed by atoms with Gasteiger partial charge < -0.3 is 15.2 Å². The third kappa shape index (κ3) is 3.27. The van der Waals surface area contributed by atoms with Crippen molar-refractivity contribution in [3.8, 4) is 5.06 Å². The van der Waals surface area contributed by atoms with Crippen LogP contribution in [0.5, 0.6) is 5.06 Å². The highest BCUT2D eigenvalue weighted by molar-refractivity contribution is 9.10. The van der Waals surface area contributed by atoms with Crippen LogP contribution in [0.15, 0.2) is 10.5 Å². The molecule has 1 heterocycles. The quantitative estimate of drug-likeness (QED) is 0.795. The summed E-state index contributed by atoms with van der Waals surface area (Å²) in [5.41, 5.74) is 0. The van der Waals surface area contributed by atoms with Crippen LogP contribution < -0.4 is 10.1 Å². The van der Waals surface area contributed by atoms with Crippen molar-refractivity contribution in [1.82, 2.24) is 5.32 Å². The zero-order valence-electron chi connectivity index (χ0n) is 7.34. The Balaban J connectivity index is 2.48. The zero-order valence-corrected chi connectivity index (χ0v) is 9.74. The largest absolute Gasteiger partial charge is 0.486 e. The highest BCUT2D eigenvalue weighted by atomic mass is 79.9. The maximum absolute atomic E-state index is 8.56. The summed E-state index contributed by atoms with van der Waals surface area (Å²) in [5.74, 6) is 0. The molecule has 0 radical (unpaired) electrons. The number of hydrogen-bond donors (Lipinski definition) is 2. The van der Waals surface area contributed by atoms with Gasteiger partial charge in [-0.05, 0) is 22.0 Å². The van der Waals surface area contributed by atoms with E-state index in [0.29, 0.717) is 6.54 Å². The van der Waals surface area contributed by atoms with Gasteiger partial charge in [-0.15, -0.1) is 11.3 Å². The number of halogens is 1. The van der Waals surface area contributed by atoms with Crippen LogP contribution in [0, 0.1) is 0 Å². The van der Waals surface area contributed by atoms with Gasteiger partial charge in [0.2, 0.25) is 0 Å². The van der Waals surface area contributed by atoms with E-state index in [1.165, 1.54) is 4.88 Å². The van der Waals surface area contributed by atoms with Crippen molar-refractivity contribution in [3.63, 3.8) is 0 Å². The van der Waals surface area contributed by atoms with Gasteiger partial charge >= 0.3 is 0 Å². The molecule has 2 N–H and O–H groups in total. The molecular formula is C8H12BrNO2S. The normalized spacial score (nSPS) is 10.4. The first-order valence-corrected chi connectivity index (χ1v) is 5.52. The topological polar surface area (TPSA) is 41.5 Å². The molecule has 5 heteroatoms. The Hall–Kier alpha value is -0.100. The maximum atomic E-state index is 8.56. The molecule has 1 aromatic rings. The van der Waals surface area contributed by atoms with E-state index in [1.807, 2.05) is 6.07 Å². The van der Waals surface area contributed by atoms with Crippen molar-refractivity contribution in [1.29, 1.82) is 0 Å². The second kappa shape index (κ2) is 5.59. The minimum Gasteiger partial charge on any atom is -0.486 e. The number of hydrogen-bond acceptors (Lipinski definition) is 4. The van der Waals surface area contributed by atoms with Gasteiger partial charge in [-0.2, -0.15) is 0 Å². The first kappa shape index (κ1) is 11.0. The van der Waals surface area contributed by atoms with E-state index < -0.39 is 0 Å². The van der Waals surface area contributed by atoms with E-state index >= 15 is 0 Å². The number of aliphatic hydroxyl groups is 1.